The molecule has 0 spiro atoms. The van der Waals surface area contributed by atoms with Gasteiger partial charge in [-0.25, -0.2) is 0 Å². The Morgan fingerprint density at radius 2 is 0.548 bits per heavy atom. The van der Waals surface area contributed by atoms with Gasteiger partial charge in [0.05, 0.1) is 0 Å². The zero-order valence-corrected chi connectivity index (χ0v) is 29.9. The minimum absolute atomic E-state index is 0.706. The quantitative estimate of drug-likeness (QED) is 0.169. The molecule has 0 aliphatic heterocycles. The van der Waals surface area contributed by atoms with Crippen molar-refractivity contribution < 1.29 is 0 Å². The lowest BCUT2D eigenvalue weighted by Gasteiger charge is -2.60. The number of unbranched alkanes of at least 4 members (excludes halogenated alkanes) is 4. The second-order valence-corrected chi connectivity index (χ2v) is 16.3. The van der Waals surface area contributed by atoms with E-state index in [0.29, 0.717) is 5.41 Å². The summed E-state index contributed by atoms with van der Waals surface area (Å²) in [5.41, 5.74) is 1.49. The maximum atomic E-state index is 2.34. The summed E-state index contributed by atoms with van der Waals surface area (Å²) in [6.45, 7) is 9.35. The monoisotopic (exact) mass is 585 g/mol. The van der Waals surface area contributed by atoms with Gasteiger partial charge in [-0.15, -0.1) is 0 Å². The molecule has 0 N–H and O–H groups in total. The molecule has 0 saturated heterocycles. The molecule has 0 aromatic carbocycles. The summed E-state index contributed by atoms with van der Waals surface area (Å²) in [4.78, 5) is 0. The van der Waals surface area contributed by atoms with Gasteiger partial charge >= 0.3 is 0 Å². The smallest absolute Gasteiger partial charge is 0.0184 e. The summed E-state index contributed by atoms with van der Waals surface area (Å²) in [7, 11) is 0. The van der Waals surface area contributed by atoms with Crippen molar-refractivity contribution in [2.24, 2.45) is 34.5 Å². The van der Waals surface area contributed by atoms with E-state index in [1.807, 2.05) is 0 Å². The molecule has 0 heteroatoms. The zero-order valence-electron chi connectivity index (χ0n) is 29.9. The lowest BCUT2D eigenvalue weighted by molar-refractivity contribution is -0.106. The fourth-order valence-corrected chi connectivity index (χ4v) is 11.4. The normalized spacial score (nSPS) is 22.6. The van der Waals surface area contributed by atoms with Crippen molar-refractivity contribution in [3.63, 3.8) is 0 Å². The Hall–Kier alpha value is 0. The van der Waals surface area contributed by atoms with Crippen LogP contribution in [0.1, 0.15) is 233 Å². The van der Waals surface area contributed by atoms with Gasteiger partial charge in [0.2, 0.25) is 0 Å². The van der Waals surface area contributed by atoms with Crippen LogP contribution in [0.15, 0.2) is 0 Å². The summed E-state index contributed by atoms with van der Waals surface area (Å²) >= 11 is 0. The highest BCUT2D eigenvalue weighted by Crippen LogP contribution is 2.62. The Morgan fingerprint density at radius 3 is 0.738 bits per heavy atom. The second kappa shape index (κ2) is 20.9. The average Bonchev–Trinajstić information content (AvgIpc) is 3.07. The molecule has 0 atom stereocenters. The first-order chi connectivity index (χ1) is 20.7. The number of rotatable bonds is 16. The minimum atomic E-state index is 0.706. The molecule has 0 bridgehead atoms. The van der Waals surface area contributed by atoms with Gasteiger partial charge in [-0.05, 0) is 112 Å². The minimum Gasteiger partial charge on any atom is -0.0654 e. The van der Waals surface area contributed by atoms with Gasteiger partial charge in [-0.2, -0.15) is 0 Å². The van der Waals surface area contributed by atoms with Crippen molar-refractivity contribution in [2.45, 2.75) is 233 Å². The fourth-order valence-electron chi connectivity index (χ4n) is 11.4. The molecular formula is C42H80. The van der Waals surface area contributed by atoms with Gasteiger partial charge < -0.3 is 0 Å². The molecule has 4 aliphatic rings. The van der Waals surface area contributed by atoms with Crippen LogP contribution in [0.5, 0.6) is 0 Å². The fraction of sp³-hybridized carbons (Fsp3) is 1.00. The van der Waals surface area contributed by atoms with E-state index in [0.717, 1.165) is 29.1 Å². The Kier molecular flexibility index (Phi) is 18.2. The van der Waals surface area contributed by atoms with Crippen molar-refractivity contribution in [1.29, 1.82) is 0 Å². The standard InChI is InChI=1S/C25H44.C17H36/c1-5-13-21(14-6-1)25(22-15-7-2-8-16-22,23-17-9-3-10-18-23)24-19-11-4-12-20-24;1-5-9-13-17(14-10-6-2,15-11-7-3)16-12-8-4/h21-24H,1-20H2;5-16H2,1-4H3. The van der Waals surface area contributed by atoms with E-state index in [-0.39, 0.29) is 0 Å². The summed E-state index contributed by atoms with van der Waals surface area (Å²) < 4.78 is 0. The van der Waals surface area contributed by atoms with Crippen LogP contribution in [0.4, 0.5) is 0 Å². The predicted octanol–water partition coefficient (Wildman–Crippen LogP) is 15.0. The molecule has 0 nitrogen and oxygen atoms in total. The molecule has 0 heterocycles. The Balaban J connectivity index is 0.000000252. The first-order valence-electron chi connectivity index (χ1n) is 20.7. The van der Waals surface area contributed by atoms with Gasteiger partial charge in [-0.3, -0.25) is 0 Å². The average molecular weight is 585 g/mol. The van der Waals surface area contributed by atoms with Gasteiger partial charge in [0.25, 0.3) is 0 Å². The molecule has 4 saturated carbocycles. The molecule has 0 radical (unpaired) electrons. The molecule has 4 rings (SSSR count). The molecule has 42 heavy (non-hydrogen) atoms. The van der Waals surface area contributed by atoms with E-state index in [9.17, 15) is 0 Å². The summed E-state index contributed by atoms with van der Waals surface area (Å²) in [6.07, 6.45) is 48.6. The molecule has 4 fully saturated rings. The zero-order chi connectivity index (χ0) is 29.9. The highest BCUT2D eigenvalue weighted by molar-refractivity contribution is 5.03. The van der Waals surface area contributed by atoms with Crippen LogP contribution in [0.25, 0.3) is 0 Å². The molecule has 0 unspecified atom stereocenters. The van der Waals surface area contributed by atoms with Crippen LogP contribution in [-0.4, -0.2) is 0 Å². The molecule has 248 valence electrons. The van der Waals surface area contributed by atoms with Gasteiger partial charge in [0.15, 0.2) is 0 Å². The van der Waals surface area contributed by atoms with E-state index in [4.69, 9.17) is 0 Å². The second-order valence-electron chi connectivity index (χ2n) is 16.3. The van der Waals surface area contributed by atoms with Gasteiger partial charge in [0, 0.05) is 0 Å². The first-order valence-corrected chi connectivity index (χ1v) is 20.7. The topological polar surface area (TPSA) is 0 Å². The van der Waals surface area contributed by atoms with Crippen LogP contribution in [0.2, 0.25) is 0 Å². The lowest BCUT2D eigenvalue weighted by atomic mass is 9.45. The molecule has 0 aromatic rings. The predicted molar refractivity (Wildman–Crippen MR) is 189 cm³/mol. The highest BCUT2D eigenvalue weighted by atomic mass is 14.6. The summed E-state index contributed by atoms with van der Waals surface area (Å²) in [6, 6.07) is 0. The maximum absolute atomic E-state index is 2.34. The van der Waals surface area contributed by atoms with E-state index in [1.165, 1.54) is 103 Å². The third-order valence-electron chi connectivity index (χ3n) is 13.5. The van der Waals surface area contributed by atoms with Gasteiger partial charge in [0.1, 0.15) is 0 Å². The molecule has 0 amide bonds. The van der Waals surface area contributed by atoms with Crippen LogP contribution in [-0.2, 0) is 0 Å². The van der Waals surface area contributed by atoms with Crippen molar-refractivity contribution in [3.8, 4) is 0 Å². The first kappa shape index (κ1) is 36.5. The number of hydrogen-bond donors (Lipinski definition) is 0. The van der Waals surface area contributed by atoms with Gasteiger partial charge in [-0.1, -0.05) is 156 Å². The Bertz CT molecular complexity index is 507. The molecule has 4 aliphatic carbocycles. The Labute approximate surface area is 267 Å². The number of hydrogen-bond acceptors (Lipinski definition) is 0. The third kappa shape index (κ3) is 10.5. The van der Waals surface area contributed by atoms with E-state index in [1.54, 1.807) is 103 Å². The van der Waals surface area contributed by atoms with Crippen LogP contribution in [0, 0.1) is 34.5 Å². The van der Waals surface area contributed by atoms with Crippen LogP contribution < -0.4 is 0 Å². The van der Waals surface area contributed by atoms with E-state index >= 15 is 0 Å². The Morgan fingerprint density at radius 1 is 0.333 bits per heavy atom. The van der Waals surface area contributed by atoms with Crippen molar-refractivity contribution in [2.75, 3.05) is 0 Å². The third-order valence-corrected chi connectivity index (χ3v) is 13.5. The van der Waals surface area contributed by atoms with Crippen molar-refractivity contribution >= 4 is 0 Å². The van der Waals surface area contributed by atoms with E-state index < -0.39 is 0 Å². The van der Waals surface area contributed by atoms with E-state index in [2.05, 4.69) is 27.7 Å². The van der Waals surface area contributed by atoms with Crippen molar-refractivity contribution in [3.05, 3.63) is 0 Å². The molecule has 0 aromatic heterocycles. The lowest BCUT2D eigenvalue weighted by Crippen LogP contribution is -2.52. The van der Waals surface area contributed by atoms with Crippen LogP contribution >= 0.6 is 0 Å². The summed E-state index contributed by atoms with van der Waals surface area (Å²) in [5.74, 6) is 4.43. The maximum Gasteiger partial charge on any atom is -0.0184 e. The summed E-state index contributed by atoms with van der Waals surface area (Å²) in [5, 5.41) is 0. The van der Waals surface area contributed by atoms with Crippen LogP contribution in [0.3, 0.4) is 0 Å². The van der Waals surface area contributed by atoms with Crippen molar-refractivity contribution in [1.82, 2.24) is 0 Å². The largest absolute Gasteiger partial charge is 0.0654 e. The highest BCUT2D eigenvalue weighted by Gasteiger charge is 2.54. The SMILES string of the molecule is C1CCC(C(C2CCCCC2)(C2CCCCC2)C2CCCCC2)CC1.CCCCC(CCCC)(CCCC)CCCC. The molecular weight excluding hydrogens is 504 g/mol.